The van der Waals surface area contributed by atoms with Crippen molar-refractivity contribution in [2.75, 3.05) is 20.1 Å². The van der Waals surface area contributed by atoms with Crippen LogP contribution in [0.5, 0.6) is 0 Å². The van der Waals surface area contributed by atoms with Gasteiger partial charge < -0.3 is 9.69 Å². The average molecular weight is 235 g/mol. The van der Waals surface area contributed by atoms with Crippen molar-refractivity contribution in [3.05, 3.63) is 35.6 Å². The predicted octanol–water partition coefficient (Wildman–Crippen LogP) is 2.45. The number of hydrogen-bond donors (Lipinski definition) is 0. The highest BCUT2D eigenvalue weighted by molar-refractivity contribution is 5.63. The summed E-state index contributed by atoms with van der Waals surface area (Å²) in [4.78, 5) is 13.5. The van der Waals surface area contributed by atoms with Crippen molar-refractivity contribution in [2.24, 2.45) is 5.92 Å². The van der Waals surface area contributed by atoms with E-state index >= 15 is 0 Å². The van der Waals surface area contributed by atoms with E-state index in [1.807, 2.05) is 0 Å². The van der Waals surface area contributed by atoms with Gasteiger partial charge in [-0.15, -0.1) is 0 Å². The molecule has 1 saturated heterocycles. The molecular weight excluding hydrogens is 217 g/mol. The van der Waals surface area contributed by atoms with E-state index in [4.69, 9.17) is 0 Å². The van der Waals surface area contributed by atoms with E-state index in [2.05, 4.69) is 11.9 Å². The second kappa shape index (κ2) is 5.41. The number of piperidine rings is 1. The lowest BCUT2D eigenvalue weighted by Crippen LogP contribution is -2.35. The number of hydrogen-bond acceptors (Lipinski definition) is 2. The molecule has 1 aromatic rings. The number of carbonyl (C=O) groups excluding carboxylic acids is 1. The zero-order chi connectivity index (χ0) is 12.3. The van der Waals surface area contributed by atoms with Crippen molar-refractivity contribution >= 4 is 6.29 Å². The summed E-state index contributed by atoms with van der Waals surface area (Å²) < 4.78 is 13.7. The molecule has 1 aromatic carbocycles. The van der Waals surface area contributed by atoms with Gasteiger partial charge in [0.1, 0.15) is 12.1 Å². The predicted molar refractivity (Wildman–Crippen MR) is 65.4 cm³/mol. The molecule has 2 unspecified atom stereocenters. The fourth-order valence-corrected chi connectivity index (χ4v) is 2.68. The van der Waals surface area contributed by atoms with E-state index in [0.29, 0.717) is 5.56 Å². The molecule has 3 heteroatoms. The van der Waals surface area contributed by atoms with Crippen LogP contribution in [0.25, 0.3) is 0 Å². The lowest BCUT2D eigenvalue weighted by Gasteiger charge is -2.33. The van der Waals surface area contributed by atoms with Crippen molar-refractivity contribution in [1.82, 2.24) is 4.90 Å². The summed E-state index contributed by atoms with van der Waals surface area (Å²) in [5.41, 5.74) is 0.544. The standard InChI is InChI=1S/C14H18FNO/c1-16-8-4-5-11(9-16)13(10-17)12-6-2-3-7-14(12)15/h2-3,6-7,10-11,13H,4-5,8-9H2,1H3. The van der Waals surface area contributed by atoms with Gasteiger partial charge in [0.2, 0.25) is 0 Å². The number of benzene rings is 1. The molecule has 0 spiro atoms. The summed E-state index contributed by atoms with van der Waals surface area (Å²) in [5.74, 6) is -0.333. The fourth-order valence-electron chi connectivity index (χ4n) is 2.68. The first-order valence-corrected chi connectivity index (χ1v) is 6.10. The van der Waals surface area contributed by atoms with Gasteiger partial charge in [-0.25, -0.2) is 4.39 Å². The maximum absolute atomic E-state index is 13.7. The number of carbonyl (C=O) groups is 1. The summed E-state index contributed by atoms with van der Waals surface area (Å²) in [6.45, 7) is 1.94. The van der Waals surface area contributed by atoms with Crippen LogP contribution in [-0.2, 0) is 4.79 Å². The number of rotatable bonds is 3. The van der Waals surface area contributed by atoms with Crippen LogP contribution in [0.15, 0.2) is 24.3 Å². The third-order valence-electron chi connectivity index (χ3n) is 3.58. The quantitative estimate of drug-likeness (QED) is 0.750. The molecule has 2 rings (SSSR count). The van der Waals surface area contributed by atoms with E-state index in [-0.39, 0.29) is 17.7 Å². The molecule has 0 N–H and O–H groups in total. The normalized spacial score (nSPS) is 23.3. The van der Waals surface area contributed by atoms with Crippen LogP contribution < -0.4 is 0 Å². The Labute approximate surface area is 101 Å². The highest BCUT2D eigenvalue weighted by Gasteiger charge is 2.28. The number of aldehydes is 1. The molecule has 1 aliphatic heterocycles. The monoisotopic (exact) mass is 235 g/mol. The van der Waals surface area contributed by atoms with Crippen LogP contribution in [0.2, 0.25) is 0 Å². The SMILES string of the molecule is CN1CCCC(C(C=O)c2ccccc2F)C1. The third kappa shape index (κ3) is 2.72. The minimum atomic E-state index is -0.307. The van der Waals surface area contributed by atoms with Gasteiger partial charge in [-0.05, 0) is 44.0 Å². The summed E-state index contributed by atoms with van der Waals surface area (Å²) >= 11 is 0. The number of nitrogens with zero attached hydrogens (tertiary/aromatic N) is 1. The van der Waals surface area contributed by atoms with Crippen molar-refractivity contribution in [3.8, 4) is 0 Å². The molecule has 2 atom stereocenters. The Bertz CT molecular complexity index is 394. The highest BCUT2D eigenvalue weighted by Crippen LogP contribution is 2.31. The molecule has 0 bridgehead atoms. The van der Waals surface area contributed by atoms with Gasteiger partial charge in [0.05, 0.1) is 0 Å². The first-order valence-electron chi connectivity index (χ1n) is 6.10. The van der Waals surface area contributed by atoms with Gasteiger partial charge in [0.15, 0.2) is 0 Å². The van der Waals surface area contributed by atoms with E-state index in [1.165, 1.54) is 6.07 Å². The molecule has 1 heterocycles. The maximum Gasteiger partial charge on any atom is 0.127 e. The van der Waals surface area contributed by atoms with E-state index < -0.39 is 0 Å². The Kier molecular flexibility index (Phi) is 3.89. The Morgan fingerprint density at radius 2 is 2.24 bits per heavy atom. The molecule has 1 aliphatic rings. The van der Waals surface area contributed by atoms with Gasteiger partial charge in [-0.2, -0.15) is 0 Å². The van der Waals surface area contributed by atoms with Crippen LogP contribution in [0, 0.1) is 11.7 Å². The summed E-state index contributed by atoms with van der Waals surface area (Å²) in [5, 5.41) is 0. The van der Waals surface area contributed by atoms with E-state index in [0.717, 1.165) is 32.2 Å². The van der Waals surface area contributed by atoms with Crippen LogP contribution in [-0.4, -0.2) is 31.3 Å². The third-order valence-corrected chi connectivity index (χ3v) is 3.58. The maximum atomic E-state index is 13.7. The Morgan fingerprint density at radius 1 is 1.47 bits per heavy atom. The van der Waals surface area contributed by atoms with Crippen molar-refractivity contribution < 1.29 is 9.18 Å². The lowest BCUT2D eigenvalue weighted by molar-refractivity contribution is -0.110. The summed E-state index contributed by atoms with van der Waals surface area (Å²) in [7, 11) is 2.05. The molecule has 0 aliphatic carbocycles. The molecule has 0 aromatic heterocycles. The number of likely N-dealkylation sites (tertiary alicyclic amines) is 1. The molecule has 17 heavy (non-hydrogen) atoms. The van der Waals surface area contributed by atoms with Gasteiger partial charge in [0, 0.05) is 12.5 Å². The second-order valence-electron chi connectivity index (χ2n) is 4.85. The molecule has 2 nitrogen and oxygen atoms in total. The van der Waals surface area contributed by atoms with Crippen molar-refractivity contribution in [2.45, 2.75) is 18.8 Å². The molecule has 92 valence electrons. The molecular formula is C14H18FNO. The van der Waals surface area contributed by atoms with Crippen LogP contribution in [0.1, 0.15) is 24.3 Å². The minimum absolute atomic E-state index is 0.239. The smallest absolute Gasteiger partial charge is 0.127 e. The fraction of sp³-hybridized carbons (Fsp3) is 0.500. The van der Waals surface area contributed by atoms with Crippen LogP contribution >= 0.6 is 0 Å². The molecule has 0 saturated carbocycles. The van der Waals surface area contributed by atoms with Gasteiger partial charge in [0.25, 0.3) is 0 Å². The van der Waals surface area contributed by atoms with Crippen LogP contribution in [0.3, 0.4) is 0 Å². The molecule has 0 amide bonds. The van der Waals surface area contributed by atoms with Crippen molar-refractivity contribution in [3.63, 3.8) is 0 Å². The highest BCUT2D eigenvalue weighted by atomic mass is 19.1. The zero-order valence-corrected chi connectivity index (χ0v) is 10.1. The van der Waals surface area contributed by atoms with Gasteiger partial charge >= 0.3 is 0 Å². The van der Waals surface area contributed by atoms with E-state index in [9.17, 15) is 9.18 Å². The summed E-state index contributed by atoms with van der Waals surface area (Å²) in [6, 6.07) is 6.61. The largest absolute Gasteiger partial charge is 0.306 e. The van der Waals surface area contributed by atoms with Gasteiger partial charge in [-0.3, -0.25) is 0 Å². The molecule has 0 radical (unpaired) electrons. The van der Waals surface area contributed by atoms with Gasteiger partial charge in [-0.1, -0.05) is 18.2 Å². The summed E-state index contributed by atoms with van der Waals surface area (Å²) in [6.07, 6.45) is 2.99. The van der Waals surface area contributed by atoms with Crippen LogP contribution in [0.4, 0.5) is 4.39 Å². The minimum Gasteiger partial charge on any atom is -0.306 e. The average Bonchev–Trinajstić information content (AvgIpc) is 2.33. The zero-order valence-electron chi connectivity index (χ0n) is 10.1. The second-order valence-corrected chi connectivity index (χ2v) is 4.85. The van der Waals surface area contributed by atoms with Crippen molar-refractivity contribution in [1.29, 1.82) is 0 Å². The van der Waals surface area contributed by atoms with E-state index in [1.54, 1.807) is 18.2 Å². The first kappa shape index (κ1) is 12.2. The Morgan fingerprint density at radius 3 is 2.88 bits per heavy atom. The Hall–Kier alpha value is -1.22. The first-order chi connectivity index (χ1) is 8.22. The molecule has 1 fully saturated rings. The Balaban J connectivity index is 2.21. The topological polar surface area (TPSA) is 20.3 Å². The lowest BCUT2D eigenvalue weighted by atomic mass is 9.82. The number of halogens is 1.